The Bertz CT molecular complexity index is 1080. The Hall–Kier alpha value is -2.45. The van der Waals surface area contributed by atoms with Crippen molar-refractivity contribution in [3.63, 3.8) is 0 Å². The number of H-pyrrole nitrogens is 1. The van der Waals surface area contributed by atoms with Crippen LogP contribution >= 0.6 is 24.0 Å². The summed E-state index contributed by atoms with van der Waals surface area (Å²) in [7, 11) is 0. The number of rotatable bonds is 6. The maximum atomic E-state index is 12.8. The van der Waals surface area contributed by atoms with Crippen molar-refractivity contribution >= 4 is 29.9 Å². The average Bonchev–Trinajstić information content (AvgIpc) is 3.45. The van der Waals surface area contributed by atoms with Gasteiger partial charge in [-0.1, -0.05) is 29.5 Å². The zero-order valence-electron chi connectivity index (χ0n) is 15.7. The van der Waals surface area contributed by atoms with Crippen LogP contribution in [-0.2, 0) is 6.54 Å². The summed E-state index contributed by atoms with van der Waals surface area (Å²) in [5.41, 5.74) is 2.94. The maximum absolute atomic E-state index is 12.8. The third-order valence-electron chi connectivity index (χ3n) is 4.65. The Morgan fingerprint density at radius 3 is 2.93 bits per heavy atom. The quantitative estimate of drug-likeness (QED) is 0.589. The van der Waals surface area contributed by atoms with E-state index in [2.05, 4.69) is 52.5 Å². The fourth-order valence-corrected chi connectivity index (χ4v) is 4.34. The summed E-state index contributed by atoms with van der Waals surface area (Å²) in [6, 6.07) is 10.3. The molecule has 0 unspecified atom stereocenters. The molecule has 6 nitrogen and oxygen atoms in total. The standard InChI is InChI=1S/C20H21N5OS2/c1-12-5-8-16(13(2)10-12)28-19-15(4-3-9-21-19)18(26)22-11-17-23-24-20(27)25(17)14-6-7-14/h3-5,8-10,14H,6-7,11H2,1-2H3,(H,22,26)(H,24,27). The van der Waals surface area contributed by atoms with Gasteiger partial charge in [-0.2, -0.15) is 5.10 Å². The van der Waals surface area contributed by atoms with Gasteiger partial charge in [-0.15, -0.1) is 0 Å². The topological polar surface area (TPSA) is 75.6 Å². The number of carbonyl (C=O) groups excluding carboxylic acids is 1. The molecule has 0 saturated heterocycles. The molecule has 3 aromatic rings. The first-order valence-electron chi connectivity index (χ1n) is 9.17. The molecular formula is C20H21N5OS2. The SMILES string of the molecule is Cc1ccc(Sc2ncccc2C(=O)NCc2n[nH]c(=S)n2C2CC2)c(C)c1. The number of nitrogens with zero attached hydrogens (tertiary/aromatic N) is 3. The van der Waals surface area contributed by atoms with E-state index in [-0.39, 0.29) is 5.91 Å². The summed E-state index contributed by atoms with van der Waals surface area (Å²) in [5.74, 6) is 0.588. The van der Waals surface area contributed by atoms with Crippen molar-refractivity contribution in [2.75, 3.05) is 0 Å². The van der Waals surface area contributed by atoms with Gasteiger partial charge in [0, 0.05) is 17.1 Å². The number of carbonyl (C=O) groups is 1. The minimum Gasteiger partial charge on any atom is -0.345 e. The third-order valence-corrected chi connectivity index (χ3v) is 6.13. The highest BCUT2D eigenvalue weighted by atomic mass is 32.2. The summed E-state index contributed by atoms with van der Waals surface area (Å²) in [6.45, 7) is 4.46. The number of benzene rings is 1. The lowest BCUT2D eigenvalue weighted by Crippen LogP contribution is -2.25. The molecule has 1 aliphatic rings. The second kappa shape index (κ2) is 7.89. The van der Waals surface area contributed by atoms with E-state index in [1.165, 1.54) is 22.9 Å². The summed E-state index contributed by atoms with van der Waals surface area (Å²) in [6.07, 6.45) is 3.92. The molecule has 0 spiro atoms. The van der Waals surface area contributed by atoms with E-state index >= 15 is 0 Å². The van der Waals surface area contributed by atoms with Crippen LogP contribution in [0.3, 0.4) is 0 Å². The molecule has 0 radical (unpaired) electrons. The minimum absolute atomic E-state index is 0.170. The predicted molar refractivity (Wildman–Crippen MR) is 111 cm³/mol. The van der Waals surface area contributed by atoms with Crippen LogP contribution < -0.4 is 5.32 Å². The van der Waals surface area contributed by atoms with Crippen LogP contribution in [0.5, 0.6) is 0 Å². The first-order chi connectivity index (χ1) is 13.5. The molecule has 1 aliphatic carbocycles. The van der Waals surface area contributed by atoms with Crippen molar-refractivity contribution < 1.29 is 4.79 Å². The van der Waals surface area contributed by atoms with Crippen molar-refractivity contribution in [1.29, 1.82) is 0 Å². The highest BCUT2D eigenvalue weighted by Crippen LogP contribution is 2.36. The molecule has 2 N–H and O–H groups in total. The fourth-order valence-electron chi connectivity index (χ4n) is 3.09. The summed E-state index contributed by atoms with van der Waals surface area (Å²) in [4.78, 5) is 18.4. The van der Waals surface area contributed by atoms with Crippen LogP contribution in [-0.4, -0.2) is 25.7 Å². The molecule has 2 heterocycles. The van der Waals surface area contributed by atoms with Crippen LogP contribution in [0.4, 0.5) is 0 Å². The lowest BCUT2D eigenvalue weighted by atomic mass is 10.2. The number of aryl methyl sites for hydroxylation is 2. The predicted octanol–water partition coefficient (Wildman–Crippen LogP) is 4.37. The first kappa shape index (κ1) is 18.9. The molecule has 1 aromatic carbocycles. The zero-order chi connectivity index (χ0) is 19.7. The van der Waals surface area contributed by atoms with Crippen molar-refractivity contribution in [3.05, 3.63) is 63.8 Å². The molecule has 8 heteroatoms. The molecule has 0 aliphatic heterocycles. The number of aromatic nitrogens is 4. The van der Waals surface area contributed by atoms with Gasteiger partial charge in [0.2, 0.25) is 0 Å². The Balaban J connectivity index is 1.51. The Morgan fingerprint density at radius 2 is 2.18 bits per heavy atom. The highest BCUT2D eigenvalue weighted by Gasteiger charge is 2.27. The number of nitrogens with one attached hydrogen (secondary N) is 2. The van der Waals surface area contributed by atoms with E-state index in [9.17, 15) is 4.79 Å². The molecule has 1 fully saturated rings. The maximum Gasteiger partial charge on any atom is 0.254 e. The van der Waals surface area contributed by atoms with Gasteiger partial charge in [0.1, 0.15) is 5.03 Å². The van der Waals surface area contributed by atoms with E-state index in [1.54, 1.807) is 18.3 Å². The third kappa shape index (κ3) is 4.02. The van der Waals surface area contributed by atoms with Crippen LogP contribution in [0, 0.1) is 18.6 Å². The van der Waals surface area contributed by atoms with Crippen LogP contribution in [0.2, 0.25) is 0 Å². The molecule has 0 bridgehead atoms. The van der Waals surface area contributed by atoms with Crippen molar-refractivity contribution in [2.24, 2.45) is 0 Å². The molecule has 28 heavy (non-hydrogen) atoms. The van der Waals surface area contributed by atoms with Gasteiger partial charge in [0.05, 0.1) is 12.1 Å². The summed E-state index contributed by atoms with van der Waals surface area (Å²) >= 11 is 6.80. The first-order valence-corrected chi connectivity index (χ1v) is 10.4. The van der Waals surface area contributed by atoms with Gasteiger partial charge >= 0.3 is 0 Å². The number of pyridine rings is 1. The Morgan fingerprint density at radius 1 is 1.36 bits per heavy atom. The molecule has 2 aromatic heterocycles. The van der Waals surface area contributed by atoms with Crippen LogP contribution in [0.1, 0.15) is 46.2 Å². The van der Waals surface area contributed by atoms with Gasteiger partial charge in [-0.25, -0.2) is 4.98 Å². The van der Waals surface area contributed by atoms with E-state index in [0.29, 0.717) is 27.9 Å². The summed E-state index contributed by atoms with van der Waals surface area (Å²) < 4.78 is 2.61. The minimum atomic E-state index is -0.170. The van der Waals surface area contributed by atoms with Crippen molar-refractivity contribution in [3.8, 4) is 0 Å². The van der Waals surface area contributed by atoms with Crippen molar-refractivity contribution in [1.82, 2.24) is 25.1 Å². The Kier molecular flexibility index (Phi) is 5.32. The van der Waals surface area contributed by atoms with E-state index in [4.69, 9.17) is 12.2 Å². The van der Waals surface area contributed by atoms with Gasteiger partial charge in [0.25, 0.3) is 5.91 Å². The van der Waals surface area contributed by atoms with Gasteiger partial charge in [-0.05, 0) is 62.7 Å². The second-order valence-electron chi connectivity index (χ2n) is 6.96. The van der Waals surface area contributed by atoms with E-state index in [0.717, 1.165) is 23.6 Å². The van der Waals surface area contributed by atoms with Crippen molar-refractivity contribution in [2.45, 2.75) is 49.2 Å². The molecule has 1 saturated carbocycles. The van der Waals surface area contributed by atoms with E-state index < -0.39 is 0 Å². The second-order valence-corrected chi connectivity index (χ2v) is 8.37. The summed E-state index contributed by atoms with van der Waals surface area (Å²) in [5, 5.41) is 10.7. The molecular weight excluding hydrogens is 390 g/mol. The molecule has 144 valence electrons. The molecule has 4 rings (SSSR count). The van der Waals surface area contributed by atoms with Gasteiger partial charge < -0.3 is 5.32 Å². The smallest absolute Gasteiger partial charge is 0.254 e. The zero-order valence-corrected chi connectivity index (χ0v) is 17.4. The monoisotopic (exact) mass is 411 g/mol. The average molecular weight is 412 g/mol. The number of hydrogen-bond donors (Lipinski definition) is 2. The lowest BCUT2D eigenvalue weighted by molar-refractivity contribution is 0.0945. The largest absolute Gasteiger partial charge is 0.345 e. The fraction of sp³-hybridized carbons (Fsp3) is 0.300. The van der Waals surface area contributed by atoms with Gasteiger partial charge in [-0.3, -0.25) is 14.5 Å². The lowest BCUT2D eigenvalue weighted by Gasteiger charge is -2.11. The molecule has 1 amide bonds. The van der Waals surface area contributed by atoms with Crippen LogP contribution in [0.15, 0.2) is 46.5 Å². The van der Waals surface area contributed by atoms with Gasteiger partial charge in [0.15, 0.2) is 10.6 Å². The highest BCUT2D eigenvalue weighted by molar-refractivity contribution is 7.99. The normalized spacial score (nSPS) is 13.5. The number of aromatic amines is 1. The number of hydrogen-bond acceptors (Lipinski definition) is 5. The Labute approximate surface area is 172 Å². The van der Waals surface area contributed by atoms with Crippen LogP contribution in [0.25, 0.3) is 0 Å². The molecule has 0 atom stereocenters. The number of amides is 1. The van der Waals surface area contributed by atoms with E-state index in [1.807, 2.05) is 4.57 Å².